The average Bonchev–Trinajstić information content (AvgIpc) is 3.05. The summed E-state index contributed by atoms with van der Waals surface area (Å²) >= 11 is 0. The van der Waals surface area contributed by atoms with Crippen LogP contribution in [0.4, 0.5) is 0 Å². The number of benzene rings is 1. The highest BCUT2D eigenvalue weighted by Crippen LogP contribution is 2.22. The van der Waals surface area contributed by atoms with Gasteiger partial charge in [-0.25, -0.2) is 13.4 Å². The second-order valence-electron chi connectivity index (χ2n) is 8.48. The molecule has 1 atom stereocenters. The van der Waals surface area contributed by atoms with Crippen molar-refractivity contribution in [2.45, 2.75) is 44.9 Å². The van der Waals surface area contributed by atoms with Gasteiger partial charge >= 0.3 is 0 Å². The number of likely N-dealkylation sites (tertiary alicyclic amines) is 1. The number of methoxy groups -OCH3 is 1. The lowest BCUT2D eigenvalue weighted by Crippen LogP contribution is -2.37. The molecule has 1 aliphatic heterocycles. The lowest BCUT2D eigenvalue weighted by atomic mass is 9.99. The number of hydrogen-bond donors (Lipinski definition) is 0. The Balaban J connectivity index is 1.88. The Kier molecular flexibility index (Phi) is 7.49. The zero-order chi connectivity index (χ0) is 20.9. The van der Waals surface area contributed by atoms with Crippen molar-refractivity contribution in [2.24, 2.45) is 11.8 Å². The van der Waals surface area contributed by atoms with E-state index < -0.39 is 9.84 Å². The van der Waals surface area contributed by atoms with Crippen molar-refractivity contribution in [3.8, 4) is 0 Å². The van der Waals surface area contributed by atoms with Crippen molar-refractivity contribution in [1.82, 2.24) is 14.5 Å². The maximum atomic E-state index is 13.0. The quantitative estimate of drug-likeness (QED) is 0.624. The Labute approximate surface area is 174 Å². The van der Waals surface area contributed by atoms with Crippen LogP contribution in [0, 0.1) is 11.8 Å². The van der Waals surface area contributed by atoms with Gasteiger partial charge in [-0.15, -0.1) is 0 Å². The Hall–Kier alpha value is -1.70. The predicted octanol–water partition coefficient (Wildman–Crippen LogP) is 3.22. The fraction of sp³-hybridized carbons (Fsp3) is 0.591. The predicted molar refractivity (Wildman–Crippen MR) is 115 cm³/mol. The molecule has 1 aromatic heterocycles. The van der Waals surface area contributed by atoms with E-state index in [4.69, 9.17) is 4.74 Å². The van der Waals surface area contributed by atoms with Crippen LogP contribution >= 0.6 is 0 Å². The van der Waals surface area contributed by atoms with Crippen LogP contribution in [0.15, 0.2) is 41.7 Å². The molecule has 0 radical (unpaired) electrons. The van der Waals surface area contributed by atoms with Crippen LogP contribution in [-0.4, -0.2) is 55.4 Å². The monoisotopic (exact) mass is 419 g/mol. The highest BCUT2D eigenvalue weighted by atomic mass is 32.2. The molecule has 7 heteroatoms. The number of hydrogen-bond acceptors (Lipinski definition) is 5. The highest BCUT2D eigenvalue weighted by molar-refractivity contribution is 7.91. The van der Waals surface area contributed by atoms with Gasteiger partial charge in [0.2, 0.25) is 15.0 Å². The van der Waals surface area contributed by atoms with Crippen LogP contribution in [0.1, 0.15) is 37.9 Å². The first-order valence-corrected chi connectivity index (χ1v) is 12.1. The second kappa shape index (κ2) is 9.87. The van der Waals surface area contributed by atoms with Gasteiger partial charge in [-0.3, -0.25) is 4.90 Å². The summed E-state index contributed by atoms with van der Waals surface area (Å²) in [5.74, 6) is 0.698. The molecule has 0 aliphatic carbocycles. The number of piperidine rings is 1. The summed E-state index contributed by atoms with van der Waals surface area (Å²) < 4.78 is 33.2. The molecule has 1 fully saturated rings. The van der Waals surface area contributed by atoms with Gasteiger partial charge in [-0.05, 0) is 36.8 Å². The molecule has 1 aromatic carbocycles. The Morgan fingerprint density at radius 2 is 1.97 bits per heavy atom. The Morgan fingerprint density at radius 3 is 2.66 bits per heavy atom. The topological polar surface area (TPSA) is 64.4 Å². The van der Waals surface area contributed by atoms with E-state index in [1.807, 2.05) is 48.7 Å². The zero-order valence-corrected chi connectivity index (χ0v) is 18.6. The zero-order valence-electron chi connectivity index (χ0n) is 17.8. The molecule has 0 bridgehead atoms. The Bertz CT molecular complexity index is 876. The van der Waals surface area contributed by atoms with Crippen molar-refractivity contribution in [3.63, 3.8) is 0 Å². The summed E-state index contributed by atoms with van der Waals surface area (Å²) in [5, 5.41) is 0.190. The van der Waals surface area contributed by atoms with Gasteiger partial charge in [-0.2, -0.15) is 0 Å². The minimum atomic E-state index is -3.44. The normalized spacial score (nSPS) is 18.4. The molecule has 6 nitrogen and oxygen atoms in total. The summed E-state index contributed by atoms with van der Waals surface area (Å²) in [6, 6.07) is 9.98. The van der Waals surface area contributed by atoms with Gasteiger partial charge in [0.1, 0.15) is 0 Å². The molecule has 1 aliphatic rings. The summed E-state index contributed by atoms with van der Waals surface area (Å²) in [6.45, 7) is 7.83. The van der Waals surface area contributed by atoms with Crippen molar-refractivity contribution in [1.29, 1.82) is 0 Å². The molecule has 160 valence electrons. The first kappa shape index (κ1) is 22.0. The van der Waals surface area contributed by atoms with E-state index >= 15 is 0 Å². The van der Waals surface area contributed by atoms with Crippen LogP contribution < -0.4 is 0 Å². The van der Waals surface area contributed by atoms with Gasteiger partial charge < -0.3 is 9.30 Å². The number of aromatic nitrogens is 2. The lowest BCUT2D eigenvalue weighted by molar-refractivity contribution is 0.0862. The number of rotatable bonds is 9. The maximum absolute atomic E-state index is 13.0. The molecule has 1 unspecified atom stereocenters. The van der Waals surface area contributed by atoms with Gasteiger partial charge in [0.25, 0.3) is 0 Å². The van der Waals surface area contributed by atoms with E-state index in [-0.39, 0.29) is 16.8 Å². The first-order chi connectivity index (χ1) is 13.9. The van der Waals surface area contributed by atoms with E-state index in [1.54, 1.807) is 13.3 Å². The largest absolute Gasteiger partial charge is 0.384 e. The molecular weight excluding hydrogens is 386 g/mol. The molecule has 2 heterocycles. The smallest absolute Gasteiger partial charge is 0.228 e. The van der Waals surface area contributed by atoms with E-state index in [2.05, 4.69) is 9.88 Å². The lowest BCUT2D eigenvalue weighted by Gasteiger charge is -2.32. The van der Waals surface area contributed by atoms with Crippen LogP contribution in [0.5, 0.6) is 0 Å². The second-order valence-corrected chi connectivity index (χ2v) is 10.4. The van der Waals surface area contributed by atoms with Crippen LogP contribution in [0.2, 0.25) is 0 Å². The van der Waals surface area contributed by atoms with Gasteiger partial charge in [-0.1, -0.05) is 44.2 Å². The van der Waals surface area contributed by atoms with E-state index in [0.29, 0.717) is 19.0 Å². The van der Waals surface area contributed by atoms with Crippen LogP contribution in [0.25, 0.3) is 0 Å². The van der Waals surface area contributed by atoms with Gasteiger partial charge in [0, 0.05) is 20.2 Å². The molecule has 0 saturated carbocycles. The SMILES string of the molecule is COCC1CCCN(Cc2cnc(S(=O)(=O)CC(C)C)n2Cc2ccccc2)C1. The molecule has 0 amide bonds. The third-order valence-corrected chi connectivity index (χ3v) is 7.29. The molecule has 29 heavy (non-hydrogen) atoms. The Morgan fingerprint density at radius 1 is 1.21 bits per heavy atom. The van der Waals surface area contributed by atoms with Crippen molar-refractivity contribution in [2.75, 3.05) is 32.6 Å². The van der Waals surface area contributed by atoms with Gasteiger partial charge in [0.05, 0.1) is 30.8 Å². The van der Waals surface area contributed by atoms with Crippen LogP contribution in [0.3, 0.4) is 0 Å². The number of nitrogens with zero attached hydrogens (tertiary/aromatic N) is 3. The summed E-state index contributed by atoms with van der Waals surface area (Å²) in [6.07, 6.45) is 4.07. The summed E-state index contributed by atoms with van der Waals surface area (Å²) in [4.78, 5) is 6.77. The van der Waals surface area contributed by atoms with Crippen molar-refractivity contribution >= 4 is 9.84 Å². The summed E-state index contributed by atoms with van der Waals surface area (Å²) in [5.41, 5.74) is 2.03. The maximum Gasteiger partial charge on any atom is 0.228 e. The standard InChI is InChI=1S/C22H33N3O3S/c1-18(2)17-29(26,27)22-23-12-21(25(22)14-19-8-5-4-6-9-19)15-24-11-7-10-20(13-24)16-28-3/h4-6,8-9,12,18,20H,7,10-11,13-17H2,1-3H3. The highest BCUT2D eigenvalue weighted by Gasteiger charge is 2.26. The number of imidazole rings is 1. The van der Waals surface area contributed by atoms with Crippen molar-refractivity contribution in [3.05, 3.63) is 47.8 Å². The molecular formula is C22H33N3O3S. The first-order valence-electron chi connectivity index (χ1n) is 10.4. The van der Waals surface area contributed by atoms with Gasteiger partial charge in [0.15, 0.2) is 0 Å². The van der Waals surface area contributed by atoms with E-state index in [0.717, 1.165) is 37.4 Å². The fourth-order valence-electron chi connectivity index (χ4n) is 4.11. The third kappa shape index (κ3) is 5.90. The average molecular weight is 420 g/mol. The minimum Gasteiger partial charge on any atom is -0.384 e. The molecule has 0 N–H and O–H groups in total. The fourth-order valence-corrected chi connectivity index (χ4v) is 5.87. The van der Waals surface area contributed by atoms with E-state index in [9.17, 15) is 8.42 Å². The molecule has 0 spiro atoms. The van der Waals surface area contributed by atoms with Crippen molar-refractivity contribution < 1.29 is 13.2 Å². The number of sulfone groups is 1. The molecule has 3 rings (SSSR count). The number of ether oxygens (including phenoxy) is 1. The van der Waals surface area contributed by atoms with E-state index in [1.165, 1.54) is 6.42 Å². The third-order valence-electron chi connectivity index (χ3n) is 5.31. The molecule has 2 aromatic rings. The summed E-state index contributed by atoms with van der Waals surface area (Å²) in [7, 11) is -1.69. The minimum absolute atomic E-state index is 0.0576. The molecule has 1 saturated heterocycles. The van der Waals surface area contributed by atoms with Crippen LogP contribution in [-0.2, 0) is 27.7 Å².